The standard InChI is InChI=1S/C11H15N3O3/c12-8-5-10(7-11(6-8)14(16)17)13(3-4-15)9-1-2-9/h5-7,9,15H,1-4,12H2. The maximum Gasteiger partial charge on any atom is 0.273 e. The maximum atomic E-state index is 10.8. The quantitative estimate of drug-likeness (QED) is 0.455. The Kier molecular flexibility index (Phi) is 3.14. The molecule has 0 heterocycles. The van der Waals surface area contributed by atoms with Gasteiger partial charge in [0.05, 0.1) is 11.5 Å². The summed E-state index contributed by atoms with van der Waals surface area (Å²) in [6.45, 7) is 0.504. The summed E-state index contributed by atoms with van der Waals surface area (Å²) in [7, 11) is 0. The van der Waals surface area contributed by atoms with E-state index < -0.39 is 4.92 Å². The lowest BCUT2D eigenvalue weighted by atomic mass is 10.2. The molecular formula is C11H15N3O3. The summed E-state index contributed by atoms with van der Waals surface area (Å²) in [5, 5.41) is 19.8. The van der Waals surface area contributed by atoms with Gasteiger partial charge in [0.15, 0.2) is 0 Å². The van der Waals surface area contributed by atoms with Gasteiger partial charge >= 0.3 is 0 Å². The minimum absolute atomic E-state index is 0.0106. The molecule has 1 aromatic rings. The van der Waals surface area contributed by atoms with Crippen LogP contribution in [0.15, 0.2) is 18.2 Å². The maximum absolute atomic E-state index is 10.8. The summed E-state index contributed by atoms with van der Waals surface area (Å²) in [5.74, 6) is 0. The van der Waals surface area contributed by atoms with Crippen molar-refractivity contribution in [2.75, 3.05) is 23.8 Å². The lowest BCUT2D eigenvalue weighted by Gasteiger charge is -2.23. The van der Waals surface area contributed by atoms with Gasteiger partial charge in [-0.25, -0.2) is 0 Å². The first-order valence-corrected chi connectivity index (χ1v) is 5.54. The summed E-state index contributed by atoms with van der Waals surface area (Å²) in [4.78, 5) is 12.3. The summed E-state index contributed by atoms with van der Waals surface area (Å²) >= 11 is 0. The zero-order chi connectivity index (χ0) is 12.4. The van der Waals surface area contributed by atoms with Gasteiger partial charge in [0.25, 0.3) is 5.69 Å². The highest BCUT2D eigenvalue weighted by Crippen LogP contribution is 2.34. The highest BCUT2D eigenvalue weighted by molar-refractivity contribution is 5.63. The molecule has 0 atom stereocenters. The number of nitro benzene ring substituents is 1. The first kappa shape index (κ1) is 11.7. The van der Waals surface area contributed by atoms with Crippen molar-refractivity contribution >= 4 is 17.1 Å². The normalized spacial score (nSPS) is 14.6. The first-order valence-electron chi connectivity index (χ1n) is 5.54. The van der Waals surface area contributed by atoms with E-state index >= 15 is 0 Å². The number of nitrogen functional groups attached to an aromatic ring is 1. The molecule has 1 saturated carbocycles. The van der Waals surface area contributed by atoms with Crippen LogP contribution in [0.25, 0.3) is 0 Å². The third-order valence-corrected chi connectivity index (χ3v) is 2.80. The van der Waals surface area contributed by atoms with Crippen molar-refractivity contribution in [1.82, 2.24) is 0 Å². The van der Waals surface area contributed by atoms with Crippen molar-refractivity contribution in [2.24, 2.45) is 0 Å². The highest BCUT2D eigenvalue weighted by atomic mass is 16.6. The molecule has 0 aliphatic heterocycles. The van der Waals surface area contributed by atoms with E-state index in [-0.39, 0.29) is 12.3 Å². The Balaban J connectivity index is 2.31. The molecule has 1 aliphatic carbocycles. The molecule has 0 bridgehead atoms. The Morgan fingerprint density at radius 1 is 1.47 bits per heavy atom. The molecule has 2 rings (SSSR count). The topological polar surface area (TPSA) is 92.6 Å². The van der Waals surface area contributed by atoms with Gasteiger partial charge in [-0.15, -0.1) is 0 Å². The number of nitro groups is 1. The van der Waals surface area contributed by atoms with Crippen LogP contribution in [0.4, 0.5) is 17.1 Å². The fraction of sp³-hybridized carbons (Fsp3) is 0.455. The van der Waals surface area contributed by atoms with Crippen molar-refractivity contribution in [3.8, 4) is 0 Å². The molecule has 6 nitrogen and oxygen atoms in total. The number of benzene rings is 1. The van der Waals surface area contributed by atoms with Crippen LogP contribution in [0, 0.1) is 10.1 Å². The molecule has 0 radical (unpaired) electrons. The van der Waals surface area contributed by atoms with Crippen LogP contribution in [0.1, 0.15) is 12.8 Å². The summed E-state index contributed by atoms with van der Waals surface area (Å²) in [6.07, 6.45) is 2.12. The Bertz CT molecular complexity index is 432. The Hall–Kier alpha value is -1.82. The number of non-ortho nitro benzene ring substituents is 1. The molecule has 0 saturated heterocycles. The zero-order valence-corrected chi connectivity index (χ0v) is 9.37. The van der Waals surface area contributed by atoms with E-state index in [1.54, 1.807) is 6.07 Å². The minimum atomic E-state index is -0.454. The van der Waals surface area contributed by atoms with Gasteiger partial charge in [0, 0.05) is 36.1 Å². The van der Waals surface area contributed by atoms with E-state index in [2.05, 4.69) is 0 Å². The number of aliphatic hydroxyl groups excluding tert-OH is 1. The third kappa shape index (κ3) is 2.65. The van der Waals surface area contributed by atoms with Gasteiger partial charge in [-0.05, 0) is 18.9 Å². The van der Waals surface area contributed by atoms with Crippen molar-refractivity contribution in [2.45, 2.75) is 18.9 Å². The van der Waals surface area contributed by atoms with Crippen LogP contribution in [0.3, 0.4) is 0 Å². The smallest absolute Gasteiger partial charge is 0.273 e. The molecule has 17 heavy (non-hydrogen) atoms. The van der Waals surface area contributed by atoms with Crippen molar-refractivity contribution < 1.29 is 10.0 Å². The molecule has 0 aromatic heterocycles. The van der Waals surface area contributed by atoms with Gasteiger partial charge < -0.3 is 15.7 Å². The Morgan fingerprint density at radius 2 is 2.18 bits per heavy atom. The molecule has 0 unspecified atom stereocenters. The summed E-state index contributed by atoms with van der Waals surface area (Å²) in [6, 6.07) is 4.93. The average molecular weight is 237 g/mol. The number of anilines is 2. The number of nitrogens with two attached hydrogens (primary N) is 1. The van der Waals surface area contributed by atoms with E-state index in [0.29, 0.717) is 24.0 Å². The molecule has 3 N–H and O–H groups in total. The van der Waals surface area contributed by atoms with Gasteiger partial charge in [-0.3, -0.25) is 10.1 Å². The van der Waals surface area contributed by atoms with Gasteiger partial charge in [0.1, 0.15) is 0 Å². The average Bonchev–Trinajstić information content (AvgIpc) is 3.08. The SMILES string of the molecule is Nc1cc(N(CCO)C2CC2)cc([N+](=O)[O-])c1. The zero-order valence-electron chi connectivity index (χ0n) is 9.37. The predicted molar refractivity (Wildman–Crippen MR) is 65.0 cm³/mol. The van der Waals surface area contributed by atoms with Crippen LogP contribution in [-0.2, 0) is 0 Å². The number of rotatable bonds is 5. The highest BCUT2D eigenvalue weighted by Gasteiger charge is 2.29. The molecule has 1 aromatic carbocycles. The lowest BCUT2D eigenvalue weighted by Crippen LogP contribution is -2.28. The molecule has 0 amide bonds. The molecular weight excluding hydrogens is 222 g/mol. The molecule has 0 spiro atoms. The second-order valence-corrected chi connectivity index (χ2v) is 4.19. The van der Waals surface area contributed by atoms with Gasteiger partial charge in [-0.2, -0.15) is 0 Å². The van der Waals surface area contributed by atoms with E-state index in [4.69, 9.17) is 10.8 Å². The summed E-state index contributed by atoms with van der Waals surface area (Å²) < 4.78 is 0. The largest absolute Gasteiger partial charge is 0.398 e. The van der Waals surface area contributed by atoms with Crippen LogP contribution in [-0.4, -0.2) is 29.2 Å². The van der Waals surface area contributed by atoms with Crippen LogP contribution in [0.2, 0.25) is 0 Å². The fourth-order valence-corrected chi connectivity index (χ4v) is 1.91. The van der Waals surface area contributed by atoms with Crippen molar-refractivity contribution in [3.63, 3.8) is 0 Å². The fourth-order valence-electron chi connectivity index (χ4n) is 1.91. The molecule has 6 heteroatoms. The van der Waals surface area contributed by atoms with E-state index in [0.717, 1.165) is 12.8 Å². The van der Waals surface area contributed by atoms with Crippen molar-refractivity contribution in [3.05, 3.63) is 28.3 Å². The Morgan fingerprint density at radius 3 is 2.71 bits per heavy atom. The van der Waals surface area contributed by atoms with Crippen LogP contribution < -0.4 is 10.6 Å². The first-order chi connectivity index (χ1) is 8.11. The molecule has 1 aliphatic rings. The number of nitrogens with zero attached hydrogens (tertiary/aromatic N) is 2. The van der Waals surface area contributed by atoms with Crippen molar-refractivity contribution in [1.29, 1.82) is 0 Å². The third-order valence-electron chi connectivity index (χ3n) is 2.80. The number of hydrogen-bond donors (Lipinski definition) is 2. The van der Waals surface area contributed by atoms with E-state index in [1.807, 2.05) is 4.90 Å². The number of aliphatic hydroxyl groups is 1. The lowest BCUT2D eigenvalue weighted by molar-refractivity contribution is -0.384. The van der Waals surface area contributed by atoms with E-state index in [9.17, 15) is 10.1 Å². The molecule has 92 valence electrons. The van der Waals surface area contributed by atoms with Crippen LogP contribution >= 0.6 is 0 Å². The van der Waals surface area contributed by atoms with E-state index in [1.165, 1.54) is 12.1 Å². The summed E-state index contributed by atoms with van der Waals surface area (Å²) in [5.41, 5.74) is 6.74. The predicted octanol–water partition coefficient (Wildman–Crippen LogP) is 1.14. The molecule has 1 fully saturated rings. The minimum Gasteiger partial charge on any atom is -0.398 e. The monoisotopic (exact) mass is 237 g/mol. The number of hydrogen-bond acceptors (Lipinski definition) is 5. The van der Waals surface area contributed by atoms with Gasteiger partial charge in [-0.1, -0.05) is 0 Å². The van der Waals surface area contributed by atoms with Gasteiger partial charge in [0.2, 0.25) is 0 Å². The van der Waals surface area contributed by atoms with Crippen LogP contribution in [0.5, 0.6) is 0 Å². The second kappa shape index (κ2) is 4.58. The second-order valence-electron chi connectivity index (χ2n) is 4.19. The Labute approximate surface area is 98.8 Å².